The Balaban J connectivity index is 1.58. The van der Waals surface area contributed by atoms with Gasteiger partial charge in [0.2, 0.25) is 11.8 Å². The largest absolute Gasteiger partial charge is 0.453 e. The third-order valence-corrected chi connectivity index (χ3v) is 5.03. The van der Waals surface area contributed by atoms with E-state index in [1.807, 2.05) is 0 Å². The number of imide groups is 1. The molecule has 3 amide bonds. The first-order chi connectivity index (χ1) is 11.1. The lowest BCUT2D eigenvalue weighted by Gasteiger charge is -2.17. The number of nitrogens with one attached hydrogen (secondary N) is 1. The highest BCUT2D eigenvalue weighted by molar-refractivity contribution is 6.22. The van der Waals surface area contributed by atoms with Crippen LogP contribution >= 0.6 is 0 Å². The first-order valence-electron chi connectivity index (χ1n) is 7.61. The minimum atomic E-state index is -0.566. The molecule has 4 unspecified atom stereocenters. The Kier molecular flexibility index (Phi) is 3.01. The van der Waals surface area contributed by atoms with E-state index in [9.17, 15) is 14.4 Å². The number of allylic oxidation sites excluding steroid dienone is 2. The van der Waals surface area contributed by atoms with Crippen LogP contribution in [0.1, 0.15) is 6.42 Å². The molecule has 118 valence electrons. The molecule has 1 aromatic carbocycles. The first kappa shape index (κ1) is 14.0. The minimum Gasteiger partial charge on any atom is -0.453 e. The quantitative estimate of drug-likeness (QED) is 0.671. The molecule has 6 nitrogen and oxygen atoms in total. The number of ether oxygens (including phenoxy) is 1. The van der Waals surface area contributed by atoms with Crippen LogP contribution in [-0.2, 0) is 14.3 Å². The number of methoxy groups -OCH3 is 1. The molecule has 0 spiro atoms. The van der Waals surface area contributed by atoms with Crippen molar-refractivity contribution in [1.29, 1.82) is 0 Å². The summed E-state index contributed by atoms with van der Waals surface area (Å²) < 4.78 is 4.52. The van der Waals surface area contributed by atoms with E-state index in [4.69, 9.17) is 0 Å². The fourth-order valence-corrected chi connectivity index (χ4v) is 4.02. The van der Waals surface area contributed by atoms with Gasteiger partial charge in [-0.25, -0.2) is 4.79 Å². The number of carbonyl (C=O) groups is 3. The summed E-state index contributed by atoms with van der Waals surface area (Å²) in [6, 6.07) is 6.62. The van der Waals surface area contributed by atoms with E-state index in [0.717, 1.165) is 6.42 Å². The van der Waals surface area contributed by atoms with Crippen molar-refractivity contribution in [2.45, 2.75) is 6.42 Å². The second-order valence-electron chi connectivity index (χ2n) is 6.18. The Morgan fingerprint density at radius 2 is 1.65 bits per heavy atom. The monoisotopic (exact) mass is 312 g/mol. The summed E-state index contributed by atoms with van der Waals surface area (Å²) in [6.45, 7) is 0. The number of carbonyl (C=O) groups excluding carboxylic acids is 3. The maximum absolute atomic E-state index is 12.7. The van der Waals surface area contributed by atoms with Crippen LogP contribution in [0, 0.1) is 23.7 Å². The van der Waals surface area contributed by atoms with Crippen molar-refractivity contribution in [1.82, 2.24) is 0 Å². The zero-order valence-electron chi connectivity index (χ0n) is 12.6. The molecule has 4 rings (SSSR count). The SMILES string of the molecule is COC(=O)Nc1ccc(N2C(=O)C3C4C=CC(C4)C3C2=O)cc1. The fraction of sp³-hybridized carbons (Fsp3) is 0.353. The number of hydrogen-bond donors (Lipinski definition) is 1. The molecule has 6 heteroatoms. The van der Waals surface area contributed by atoms with Crippen molar-refractivity contribution in [2.24, 2.45) is 23.7 Å². The van der Waals surface area contributed by atoms with Gasteiger partial charge in [0.25, 0.3) is 0 Å². The molecule has 3 aliphatic rings. The van der Waals surface area contributed by atoms with E-state index in [-0.39, 0.29) is 35.5 Å². The first-order valence-corrected chi connectivity index (χ1v) is 7.61. The van der Waals surface area contributed by atoms with Gasteiger partial charge in [-0.3, -0.25) is 19.8 Å². The standard InChI is InChI=1S/C17H16N2O4/c1-23-17(22)18-11-4-6-12(7-5-11)19-15(20)13-9-2-3-10(8-9)14(13)16(19)21/h2-7,9-10,13-14H,8H2,1H3,(H,18,22). The lowest BCUT2D eigenvalue weighted by Crippen LogP contribution is -2.32. The average Bonchev–Trinajstić information content (AvgIpc) is 3.23. The lowest BCUT2D eigenvalue weighted by molar-refractivity contribution is -0.123. The van der Waals surface area contributed by atoms with Crippen molar-refractivity contribution in [3.05, 3.63) is 36.4 Å². The highest BCUT2D eigenvalue weighted by Crippen LogP contribution is 2.53. The number of benzene rings is 1. The molecule has 2 bridgehead atoms. The van der Waals surface area contributed by atoms with Gasteiger partial charge in [-0.15, -0.1) is 0 Å². The van der Waals surface area contributed by atoms with E-state index in [0.29, 0.717) is 11.4 Å². The molecule has 2 aliphatic carbocycles. The van der Waals surface area contributed by atoms with E-state index in [1.54, 1.807) is 24.3 Å². The smallest absolute Gasteiger partial charge is 0.411 e. The number of amides is 3. The van der Waals surface area contributed by atoms with E-state index < -0.39 is 6.09 Å². The van der Waals surface area contributed by atoms with E-state index >= 15 is 0 Å². The number of nitrogens with zero attached hydrogens (tertiary/aromatic N) is 1. The molecule has 0 aromatic heterocycles. The molecule has 1 aliphatic heterocycles. The second-order valence-corrected chi connectivity index (χ2v) is 6.18. The summed E-state index contributed by atoms with van der Waals surface area (Å²) in [5.41, 5.74) is 1.09. The molecular weight excluding hydrogens is 296 g/mol. The maximum atomic E-state index is 12.7. The van der Waals surface area contributed by atoms with Gasteiger partial charge >= 0.3 is 6.09 Å². The zero-order chi connectivity index (χ0) is 16.1. The van der Waals surface area contributed by atoms with Gasteiger partial charge in [-0.1, -0.05) is 12.2 Å². The van der Waals surface area contributed by atoms with Crippen LogP contribution in [0.4, 0.5) is 16.2 Å². The Labute approximate surface area is 133 Å². The molecule has 1 aromatic rings. The number of fused-ring (bicyclic) bond motifs is 5. The number of anilines is 2. The van der Waals surface area contributed by atoms with Crippen LogP contribution in [0.5, 0.6) is 0 Å². The summed E-state index contributed by atoms with van der Waals surface area (Å²) in [5.74, 6) is -0.217. The Morgan fingerprint density at radius 3 is 2.17 bits per heavy atom. The van der Waals surface area contributed by atoms with Gasteiger partial charge in [0, 0.05) is 5.69 Å². The van der Waals surface area contributed by atoms with Crippen LogP contribution in [0.2, 0.25) is 0 Å². The van der Waals surface area contributed by atoms with Crippen molar-refractivity contribution >= 4 is 29.3 Å². The van der Waals surface area contributed by atoms with Gasteiger partial charge in [0.1, 0.15) is 0 Å². The van der Waals surface area contributed by atoms with Gasteiger partial charge in [-0.05, 0) is 42.5 Å². The predicted octanol–water partition coefficient (Wildman–Crippen LogP) is 2.18. The van der Waals surface area contributed by atoms with Crippen LogP contribution in [0.25, 0.3) is 0 Å². The topological polar surface area (TPSA) is 75.7 Å². The molecular formula is C17H16N2O4. The summed E-state index contributed by atoms with van der Waals surface area (Å²) in [7, 11) is 1.28. The van der Waals surface area contributed by atoms with Crippen LogP contribution < -0.4 is 10.2 Å². The van der Waals surface area contributed by atoms with Crippen molar-refractivity contribution < 1.29 is 19.1 Å². The van der Waals surface area contributed by atoms with Crippen molar-refractivity contribution in [2.75, 3.05) is 17.3 Å². The fourth-order valence-electron chi connectivity index (χ4n) is 4.02. The lowest BCUT2D eigenvalue weighted by atomic mass is 9.85. The molecule has 1 saturated heterocycles. The van der Waals surface area contributed by atoms with Gasteiger partial charge < -0.3 is 4.74 Å². The summed E-state index contributed by atoms with van der Waals surface area (Å²) >= 11 is 0. The number of hydrogen-bond acceptors (Lipinski definition) is 4. The molecule has 1 saturated carbocycles. The Bertz CT molecular complexity index is 695. The van der Waals surface area contributed by atoms with Crippen LogP contribution in [-0.4, -0.2) is 25.0 Å². The third kappa shape index (κ3) is 1.98. The predicted molar refractivity (Wildman–Crippen MR) is 82.7 cm³/mol. The van der Waals surface area contributed by atoms with Crippen LogP contribution in [0.15, 0.2) is 36.4 Å². The summed E-state index contributed by atoms with van der Waals surface area (Å²) in [4.78, 5) is 37.8. The second kappa shape index (κ2) is 4.94. The van der Waals surface area contributed by atoms with Crippen molar-refractivity contribution in [3.63, 3.8) is 0 Å². The zero-order valence-corrected chi connectivity index (χ0v) is 12.6. The Morgan fingerprint density at radius 1 is 1.09 bits per heavy atom. The molecule has 1 heterocycles. The van der Waals surface area contributed by atoms with E-state index in [1.165, 1.54) is 12.0 Å². The van der Waals surface area contributed by atoms with Crippen LogP contribution in [0.3, 0.4) is 0 Å². The average molecular weight is 312 g/mol. The van der Waals surface area contributed by atoms with Gasteiger partial charge in [-0.2, -0.15) is 0 Å². The van der Waals surface area contributed by atoms with Gasteiger partial charge in [0.15, 0.2) is 0 Å². The highest BCUT2D eigenvalue weighted by Gasteiger charge is 2.59. The Hall–Kier alpha value is -2.63. The van der Waals surface area contributed by atoms with E-state index in [2.05, 4.69) is 22.2 Å². The molecule has 23 heavy (non-hydrogen) atoms. The molecule has 1 N–H and O–H groups in total. The third-order valence-electron chi connectivity index (χ3n) is 5.03. The molecule has 4 atom stereocenters. The molecule has 2 fully saturated rings. The summed E-state index contributed by atoms with van der Waals surface area (Å²) in [6.07, 6.45) is 4.50. The normalized spacial score (nSPS) is 30.7. The van der Waals surface area contributed by atoms with Crippen molar-refractivity contribution in [3.8, 4) is 0 Å². The minimum absolute atomic E-state index is 0.106. The summed E-state index contributed by atoms with van der Waals surface area (Å²) in [5, 5.41) is 2.54. The number of rotatable bonds is 2. The highest BCUT2D eigenvalue weighted by atomic mass is 16.5. The maximum Gasteiger partial charge on any atom is 0.411 e. The molecule has 0 radical (unpaired) electrons. The van der Waals surface area contributed by atoms with Gasteiger partial charge in [0.05, 0.1) is 24.6 Å².